The molecule has 0 aliphatic heterocycles. The van der Waals surface area contributed by atoms with Crippen molar-refractivity contribution in [3.8, 4) is 5.75 Å². The number of aromatic hydroxyl groups is 1. The second-order valence-electron chi connectivity index (χ2n) is 3.20. The maximum Gasteiger partial charge on any atom is 0.227 e. The normalized spacial score (nSPS) is 9.93. The van der Waals surface area contributed by atoms with Gasteiger partial charge < -0.3 is 10.4 Å². The van der Waals surface area contributed by atoms with Crippen molar-refractivity contribution in [1.82, 2.24) is 9.97 Å². The molecule has 0 atom stereocenters. The van der Waals surface area contributed by atoms with E-state index in [-0.39, 0.29) is 5.75 Å². The monoisotopic (exact) mass is 201 g/mol. The molecule has 0 radical (unpaired) electrons. The first-order valence-electron chi connectivity index (χ1n) is 4.59. The minimum absolute atomic E-state index is 0.221. The molecule has 0 aliphatic rings. The minimum Gasteiger partial charge on any atom is -0.508 e. The number of rotatable bonds is 2. The molecule has 1 aromatic heterocycles. The molecule has 0 unspecified atom stereocenters. The lowest BCUT2D eigenvalue weighted by Crippen LogP contribution is -1.97. The first kappa shape index (κ1) is 9.45. The van der Waals surface area contributed by atoms with Crippen LogP contribution in [-0.4, -0.2) is 15.1 Å². The summed E-state index contributed by atoms with van der Waals surface area (Å²) in [6.45, 7) is 1.95. The van der Waals surface area contributed by atoms with Gasteiger partial charge in [-0.25, -0.2) is 9.97 Å². The van der Waals surface area contributed by atoms with Crippen LogP contribution < -0.4 is 5.32 Å². The highest BCUT2D eigenvalue weighted by molar-refractivity contribution is 5.60. The largest absolute Gasteiger partial charge is 0.508 e. The van der Waals surface area contributed by atoms with Crippen LogP contribution in [0.1, 0.15) is 5.56 Å². The molecule has 0 fully saturated rings. The van der Waals surface area contributed by atoms with E-state index in [0.717, 1.165) is 11.3 Å². The summed E-state index contributed by atoms with van der Waals surface area (Å²) in [4.78, 5) is 8.08. The highest BCUT2D eigenvalue weighted by atomic mass is 16.3. The molecule has 4 heteroatoms. The van der Waals surface area contributed by atoms with Crippen molar-refractivity contribution in [2.45, 2.75) is 6.92 Å². The van der Waals surface area contributed by atoms with Crippen molar-refractivity contribution >= 4 is 11.6 Å². The van der Waals surface area contributed by atoms with Gasteiger partial charge in [-0.3, -0.25) is 0 Å². The third-order valence-electron chi connectivity index (χ3n) is 2.03. The standard InChI is InChI=1S/C11H11N3O/c1-8-3-4-9(15)7-10(8)14-11-12-5-2-6-13-11/h2-7,15H,1H3,(H,12,13,14). The van der Waals surface area contributed by atoms with Crippen LogP contribution in [0.15, 0.2) is 36.7 Å². The molecule has 0 amide bonds. The van der Waals surface area contributed by atoms with Crippen molar-refractivity contribution < 1.29 is 5.11 Å². The quantitative estimate of drug-likeness (QED) is 0.782. The average molecular weight is 201 g/mol. The van der Waals surface area contributed by atoms with Crippen molar-refractivity contribution in [3.05, 3.63) is 42.2 Å². The molecule has 0 aliphatic carbocycles. The summed E-state index contributed by atoms with van der Waals surface area (Å²) in [5.41, 5.74) is 1.83. The molecule has 2 N–H and O–H groups in total. The fraction of sp³-hybridized carbons (Fsp3) is 0.0909. The summed E-state index contributed by atoms with van der Waals surface area (Å²) in [6.07, 6.45) is 3.32. The van der Waals surface area contributed by atoms with Crippen LogP contribution in [-0.2, 0) is 0 Å². The van der Waals surface area contributed by atoms with Crippen LogP contribution >= 0.6 is 0 Å². The van der Waals surface area contributed by atoms with Crippen LogP contribution in [0.5, 0.6) is 5.75 Å². The number of aryl methyl sites for hydroxylation is 1. The summed E-state index contributed by atoms with van der Waals surface area (Å²) in [5.74, 6) is 0.741. The molecule has 4 nitrogen and oxygen atoms in total. The zero-order chi connectivity index (χ0) is 10.7. The number of nitrogens with one attached hydrogen (secondary N) is 1. The lowest BCUT2D eigenvalue weighted by atomic mass is 10.2. The number of phenolic OH excluding ortho intramolecular Hbond substituents is 1. The van der Waals surface area contributed by atoms with Gasteiger partial charge in [-0.05, 0) is 24.6 Å². The Morgan fingerprint density at radius 2 is 1.93 bits per heavy atom. The maximum atomic E-state index is 9.33. The first-order chi connectivity index (χ1) is 7.25. The van der Waals surface area contributed by atoms with E-state index in [4.69, 9.17) is 0 Å². The molecule has 2 rings (SSSR count). The number of benzene rings is 1. The van der Waals surface area contributed by atoms with Gasteiger partial charge in [0.25, 0.3) is 0 Å². The van der Waals surface area contributed by atoms with E-state index in [1.54, 1.807) is 30.6 Å². The third kappa shape index (κ3) is 2.22. The summed E-state index contributed by atoms with van der Waals surface area (Å²) in [6, 6.07) is 6.87. The predicted octanol–water partition coefficient (Wildman–Crippen LogP) is 2.23. The molecule has 1 aromatic carbocycles. The zero-order valence-electron chi connectivity index (χ0n) is 8.31. The van der Waals surface area contributed by atoms with Crippen LogP contribution in [0.2, 0.25) is 0 Å². The SMILES string of the molecule is Cc1ccc(O)cc1Nc1ncccn1. The van der Waals surface area contributed by atoms with Gasteiger partial charge in [-0.15, -0.1) is 0 Å². The van der Waals surface area contributed by atoms with Gasteiger partial charge in [0, 0.05) is 24.1 Å². The van der Waals surface area contributed by atoms with E-state index < -0.39 is 0 Å². The Morgan fingerprint density at radius 3 is 2.67 bits per heavy atom. The van der Waals surface area contributed by atoms with Gasteiger partial charge in [0.15, 0.2) is 0 Å². The number of aromatic nitrogens is 2. The molecule has 0 spiro atoms. The first-order valence-corrected chi connectivity index (χ1v) is 4.59. The van der Waals surface area contributed by atoms with Crippen molar-refractivity contribution in [2.75, 3.05) is 5.32 Å². The van der Waals surface area contributed by atoms with Gasteiger partial charge in [0.05, 0.1) is 0 Å². The van der Waals surface area contributed by atoms with Gasteiger partial charge in [0.1, 0.15) is 5.75 Å². The van der Waals surface area contributed by atoms with Crippen molar-refractivity contribution in [3.63, 3.8) is 0 Å². The van der Waals surface area contributed by atoms with Crippen LogP contribution in [0.25, 0.3) is 0 Å². The number of anilines is 2. The lowest BCUT2D eigenvalue weighted by Gasteiger charge is -2.07. The number of hydrogen-bond donors (Lipinski definition) is 2. The van der Waals surface area contributed by atoms with E-state index >= 15 is 0 Å². The number of phenols is 1. The molecule has 0 bridgehead atoms. The van der Waals surface area contributed by atoms with Gasteiger partial charge in [-0.1, -0.05) is 6.07 Å². The molecular formula is C11H11N3O. The average Bonchev–Trinajstić information content (AvgIpc) is 2.25. The second-order valence-corrected chi connectivity index (χ2v) is 3.20. The Morgan fingerprint density at radius 1 is 1.20 bits per heavy atom. The molecule has 76 valence electrons. The van der Waals surface area contributed by atoms with Crippen LogP contribution in [0.3, 0.4) is 0 Å². The lowest BCUT2D eigenvalue weighted by molar-refractivity contribution is 0.475. The molecule has 15 heavy (non-hydrogen) atoms. The predicted molar refractivity (Wildman–Crippen MR) is 58.2 cm³/mol. The van der Waals surface area contributed by atoms with Gasteiger partial charge >= 0.3 is 0 Å². The fourth-order valence-electron chi connectivity index (χ4n) is 1.23. The summed E-state index contributed by atoms with van der Waals surface area (Å²) < 4.78 is 0. The Kier molecular flexibility index (Phi) is 2.49. The minimum atomic E-state index is 0.221. The van der Waals surface area contributed by atoms with Crippen LogP contribution in [0.4, 0.5) is 11.6 Å². The molecule has 0 saturated heterocycles. The molecule has 0 saturated carbocycles. The van der Waals surface area contributed by atoms with E-state index in [1.807, 2.05) is 13.0 Å². The topological polar surface area (TPSA) is 58.0 Å². The Balaban J connectivity index is 2.28. The van der Waals surface area contributed by atoms with E-state index in [1.165, 1.54) is 0 Å². The Bertz CT molecular complexity index is 457. The number of hydrogen-bond acceptors (Lipinski definition) is 4. The highest BCUT2D eigenvalue weighted by Gasteiger charge is 2.01. The second kappa shape index (κ2) is 3.96. The molecule has 1 heterocycles. The van der Waals surface area contributed by atoms with Gasteiger partial charge in [-0.2, -0.15) is 0 Å². The summed E-state index contributed by atoms with van der Waals surface area (Å²) in [7, 11) is 0. The van der Waals surface area contributed by atoms with Crippen LogP contribution in [0, 0.1) is 6.92 Å². The smallest absolute Gasteiger partial charge is 0.227 e. The van der Waals surface area contributed by atoms with Crippen molar-refractivity contribution in [1.29, 1.82) is 0 Å². The summed E-state index contributed by atoms with van der Waals surface area (Å²) in [5, 5.41) is 12.4. The fourth-order valence-corrected chi connectivity index (χ4v) is 1.23. The molecule has 2 aromatic rings. The molecular weight excluding hydrogens is 190 g/mol. The van der Waals surface area contributed by atoms with Gasteiger partial charge in [0.2, 0.25) is 5.95 Å². The Hall–Kier alpha value is -2.10. The maximum absolute atomic E-state index is 9.33. The Labute approximate surface area is 87.6 Å². The van der Waals surface area contributed by atoms with E-state index in [9.17, 15) is 5.11 Å². The summed E-state index contributed by atoms with van der Waals surface area (Å²) >= 11 is 0. The number of nitrogens with zero attached hydrogens (tertiary/aromatic N) is 2. The van der Waals surface area contributed by atoms with Crippen molar-refractivity contribution in [2.24, 2.45) is 0 Å². The highest BCUT2D eigenvalue weighted by Crippen LogP contribution is 2.22. The van der Waals surface area contributed by atoms with E-state index in [0.29, 0.717) is 5.95 Å². The zero-order valence-corrected chi connectivity index (χ0v) is 8.31. The van der Waals surface area contributed by atoms with E-state index in [2.05, 4.69) is 15.3 Å². The third-order valence-corrected chi connectivity index (χ3v) is 2.03.